The number of carboxylic acids is 1. The lowest BCUT2D eigenvalue weighted by molar-refractivity contribution is -0.141. The van der Waals surface area contributed by atoms with Crippen molar-refractivity contribution in [1.29, 1.82) is 0 Å². The Hall–Kier alpha value is -2.53. The predicted molar refractivity (Wildman–Crippen MR) is 98.6 cm³/mol. The van der Waals surface area contributed by atoms with Crippen LogP contribution >= 0.6 is 11.6 Å². The largest absolute Gasteiger partial charge is 0.495 e. The second-order valence-corrected chi connectivity index (χ2v) is 6.74. The molecule has 0 fully saturated rings. The number of nitrogens with zero attached hydrogens (tertiary/aromatic N) is 1. The molecule has 0 saturated carbocycles. The highest BCUT2D eigenvalue weighted by Gasteiger charge is 2.32. The fraction of sp³-hybridized carbons (Fsp3) is 0.300. The summed E-state index contributed by atoms with van der Waals surface area (Å²) in [5.74, 6) is -1.05. The van der Waals surface area contributed by atoms with Crippen molar-refractivity contribution in [2.45, 2.75) is 25.3 Å². The number of aryl methyl sites for hydroxylation is 1. The zero-order valence-electron chi connectivity index (χ0n) is 14.4. The molecule has 136 valence electrons. The van der Waals surface area contributed by atoms with Gasteiger partial charge >= 0.3 is 5.97 Å². The maximum Gasteiger partial charge on any atom is 0.312 e. The highest BCUT2D eigenvalue weighted by molar-refractivity contribution is 6.32. The molecule has 0 aliphatic carbocycles. The van der Waals surface area contributed by atoms with Gasteiger partial charge in [0.1, 0.15) is 5.75 Å². The van der Waals surface area contributed by atoms with Crippen molar-refractivity contribution in [2.24, 2.45) is 0 Å². The van der Waals surface area contributed by atoms with E-state index in [1.807, 2.05) is 30.3 Å². The molecule has 26 heavy (non-hydrogen) atoms. The Morgan fingerprint density at radius 2 is 2.04 bits per heavy atom. The number of carbonyl (C=O) groups is 2. The van der Waals surface area contributed by atoms with Crippen LogP contribution in [0.4, 0.5) is 0 Å². The Balaban J connectivity index is 1.69. The number of ether oxygens (including phenoxy) is 1. The molecule has 1 aliphatic rings. The van der Waals surface area contributed by atoms with Crippen molar-refractivity contribution in [3.05, 3.63) is 64.2 Å². The number of carboxylic acid groups (broad SMARTS) is 1. The first-order chi connectivity index (χ1) is 12.5. The zero-order valence-corrected chi connectivity index (χ0v) is 15.2. The van der Waals surface area contributed by atoms with E-state index in [0.717, 1.165) is 16.7 Å². The van der Waals surface area contributed by atoms with E-state index in [1.165, 1.54) is 0 Å². The molecule has 0 radical (unpaired) electrons. The smallest absolute Gasteiger partial charge is 0.312 e. The van der Waals surface area contributed by atoms with Gasteiger partial charge in [0.25, 0.3) is 0 Å². The van der Waals surface area contributed by atoms with Crippen molar-refractivity contribution >= 4 is 23.5 Å². The van der Waals surface area contributed by atoms with Crippen LogP contribution in [0.25, 0.3) is 0 Å². The van der Waals surface area contributed by atoms with E-state index >= 15 is 0 Å². The predicted octanol–water partition coefficient (Wildman–Crippen LogP) is 3.49. The van der Waals surface area contributed by atoms with Gasteiger partial charge in [-0.3, -0.25) is 9.59 Å². The normalized spacial score (nSPS) is 16.1. The van der Waals surface area contributed by atoms with Gasteiger partial charge in [-0.15, -0.1) is 0 Å². The second-order valence-electron chi connectivity index (χ2n) is 6.33. The Morgan fingerprint density at radius 1 is 1.27 bits per heavy atom. The van der Waals surface area contributed by atoms with Crippen LogP contribution in [-0.4, -0.2) is 35.5 Å². The number of hydrogen-bond donors (Lipinski definition) is 1. The summed E-state index contributed by atoms with van der Waals surface area (Å²) < 4.78 is 5.13. The molecule has 1 N–H and O–H groups in total. The van der Waals surface area contributed by atoms with E-state index in [4.69, 9.17) is 16.3 Å². The summed E-state index contributed by atoms with van der Waals surface area (Å²) in [4.78, 5) is 25.9. The van der Waals surface area contributed by atoms with E-state index in [9.17, 15) is 14.7 Å². The Morgan fingerprint density at radius 3 is 2.73 bits per heavy atom. The van der Waals surface area contributed by atoms with Gasteiger partial charge in [0.15, 0.2) is 0 Å². The lowest BCUT2D eigenvalue weighted by Gasteiger charge is -2.33. The van der Waals surface area contributed by atoms with E-state index in [-0.39, 0.29) is 12.5 Å². The molecule has 0 spiro atoms. The molecule has 1 unspecified atom stereocenters. The standard InChI is InChI=1S/C20H20ClNO4/c1-26-18-8-6-13(10-17(18)21)7-9-19(23)22-11-14-4-2-3-5-15(14)16(12-22)20(24)25/h2-6,8,10,16H,7,9,11-12H2,1H3,(H,24,25). The molecule has 0 saturated heterocycles. The van der Waals surface area contributed by atoms with Crippen LogP contribution < -0.4 is 4.74 Å². The molecule has 1 atom stereocenters. The summed E-state index contributed by atoms with van der Waals surface area (Å²) in [5, 5.41) is 10.0. The van der Waals surface area contributed by atoms with E-state index in [1.54, 1.807) is 24.1 Å². The van der Waals surface area contributed by atoms with Crippen molar-refractivity contribution in [1.82, 2.24) is 4.90 Å². The first kappa shape index (κ1) is 18.3. The van der Waals surface area contributed by atoms with Gasteiger partial charge in [-0.2, -0.15) is 0 Å². The van der Waals surface area contributed by atoms with E-state index < -0.39 is 11.9 Å². The van der Waals surface area contributed by atoms with Crippen LogP contribution in [-0.2, 0) is 22.6 Å². The fourth-order valence-corrected chi connectivity index (χ4v) is 3.56. The van der Waals surface area contributed by atoms with Crippen LogP contribution in [0.5, 0.6) is 5.75 Å². The summed E-state index contributed by atoms with van der Waals surface area (Å²) in [6.07, 6.45) is 0.843. The van der Waals surface area contributed by atoms with E-state index in [0.29, 0.717) is 30.2 Å². The third kappa shape index (κ3) is 3.83. The SMILES string of the molecule is COc1ccc(CCC(=O)N2Cc3ccccc3C(C(=O)O)C2)cc1Cl. The van der Waals surface area contributed by atoms with Crippen molar-refractivity contribution in [3.8, 4) is 5.75 Å². The van der Waals surface area contributed by atoms with Crippen LogP contribution in [0.2, 0.25) is 5.02 Å². The summed E-state index contributed by atoms with van der Waals surface area (Å²) in [5.41, 5.74) is 2.63. The summed E-state index contributed by atoms with van der Waals surface area (Å²) >= 11 is 6.12. The number of methoxy groups -OCH3 is 1. The minimum atomic E-state index is -0.906. The third-order valence-corrected chi connectivity index (χ3v) is 4.98. The molecule has 2 aromatic rings. The highest BCUT2D eigenvalue weighted by Crippen LogP contribution is 2.29. The quantitative estimate of drug-likeness (QED) is 0.871. The first-order valence-electron chi connectivity index (χ1n) is 8.40. The lowest BCUT2D eigenvalue weighted by Crippen LogP contribution is -2.40. The molecule has 3 rings (SSSR count). The number of carbonyl (C=O) groups excluding carboxylic acids is 1. The van der Waals surface area contributed by atoms with Crippen molar-refractivity contribution < 1.29 is 19.4 Å². The Bertz CT molecular complexity index is 836. The van der Waals surface area contributed by atoms with Gasteiger partial charge in [-0.05, 0) is 35.2 Å². The van der Waals surface area contributed by atoms with Gasteiger partial charge in [-0.1, -0.05) is 41.9 Å². The van der Waals surface area contributed by atoms with Crippen LogP contribution in [0.1, 0.15) is 29.0 Å². The number of benzene rings is 2. The number of amides is 1. The van der Waals surface area contributed by atoms with Gasteiger partial charge in [0.2, 0.25) is 5.91 Å². The maximum atomic E-state index is 12.6. The number of aliphatic carboxylic acids is 1. The summed E-state index contributed by atoms with van der Waals surface area (Å²) in [6.45, 7) is 0.650. The average Bonchev–Trinajstić information content (AvgIpc) is 2.65. The van der Waals surface area contributed by atoms with Gasteiger partial charge in [-0.25, -0.2) is 0 Å². The van der Waals surface area contributed by atoms with Gasteiger partial charge in [0.05, 0.1) is 18.1 Å². The van der Waals surface area contributed by atoms with Crippen molar-refractivity contribution in [3.63, 3.8) is 0 Å². The van der Waals surface area contributed by atoms with Crippen LogP contribution in [0.15, 0.2) is 42.5 Å². The fourth-order valence-electron chi connectivity index (χ4n) is 3.28. The van der Waals surface area contributed by atoms with Gasteiger partial charge < -0.3 is 14.7 Å². The molecule has 6 heteroatoms. The van der Waals surface area contributed by atoms with Crippen molar-refractivity contribution in [2.75, 3.05) is 13.7 Å². The molecule has 5 nitrogen and oxygen atoms in total. The maximum absolute atomic E-state index is 12.6. The second kappa shape index (κ2) is 7.79. The zero-order chi connectivity index (χ0) is 18.7. The minimum absolute atomic E-state index is 0.0577. The number of hydrogen-bond acceptors (Lipinski definition) is 3. The number of rotatable bonds is 5. The van der Waals surface area contributed by atoms with Crippen LogP contribution in [0, 0.1) is 0 Å². The molecular formula is C20H20ClNO4. The third-order valence-electron chi connectivity index (χ3n) is 4.69. The molecule has 0 aromatic heterocycles. The molecular weight excluding hydrogens is 354 g/mol. The summed E-state index contributed by atoms with van der Waals surface area (Å²) in [7, 11) is 1.55. The number of halogens is 1. The topological polar surface area (TPSA) is 66.8 Å². The molecule has 1 aliphatic heterocycles. The first-order valence-corrected chi connectivity index (χ1v) is 8.78. The van der Waals surface area contributed by atoms with E-state index in [2.05, 4.69) is 0 Å². The molecule has 1 heterocycles. The lowest BCUT2D eigenvalue weighted by atomic mass is 9.89. The molecule has 1 amide bonds. The van der Waals surface area contributed by atoms with Crippen LogP contribution in [0.3, 0.4) is 0 Å². The number of fused-ring (bicyclic) bond motifs is 1. The Kier molecular flexibility index (Phi) is 5.47. The Labute approximate surface area is 157 Å². The minimum Gasteiger partial charge on any atom is -0.495 e. The molecule has 0 bridgehead atoms. The molecule has 2 aromatic carbocycles. The summed E-state index contributed by atoms with van der Waals surface area (Å²) in [6, 6.07) is 12.9. The van der Waals surface area contributed by atoms with Gasteiger partial charge in [0, 0.05) is 19.5 Å². The monoisotopic (exact) mass is 373 g/mol. The average molecular weight is 374 g/mol. The highest BCUT2D eigenvalue weighted by atomic mass is 35.5.